The molecule has 0 fully saturated rings. The Balaban J connectivity index is 3.83. The molecule has 0 amide bonds. The summed E-state index contributed by atoms with van der Waals surface area (Å²) in [6, 6.07) is -0.850. The van der Waals surface area contributed by atoms with Gasteiger partial charge in [0.25, 0.3) is 0 Å². The number of carboxylic acid groups (broad SMARTS) is 1. The predicted octanol–water partition coefficient (Wildman–Crippen LogP) is -1.70. The van der Waals surface area contributed by atoms with Gasteiger partial charge in [-0.15, -0.1) is 0 Å². The van der Waals surface area contributed by atoms with E-state index in [1.807, 2.05) is 0 Å². The Morgan fingerprint density at radius 3 is 2.20 bits per heavy atom. The molecule has 0 heterocycles. The first-order chi connectivity index (χ1) is 4.57. The number of nitrogens with one attached hydrogen (secondary N) is 1. The van der Waals surface area contributed by atoms with E-state index in [9.17, 15) is 14.7 Å². The topological polar surface area (TPSA) is 69.2 Å². The number of carbonyl (C=O) groups excluding carboxylic acids is 2. The minimum absolute atomic E-state index is 0.0150. The van der Waals surface area contributed by atoms with Gasteiger partial charge in [0, 0.05) is 6.42 Å². The number of aliphatic carboxylic acids is 1. The SMILES string of the molecule is CNC(CC(C)=O)C(=O)[O-]. The van der Waals surface area contributed by atoms with Crippen LogP contribution >= 0.6 is 0 Å². The Bertz CT molecular complexity index is 144. The third kappa shape index (κ3) is 3.19. The van der Waals surface area contributed by atoms with Crippen molar-refractivity contribution in [1.82, 2.24) is 5.32 Å². The fourth-order valence-corrected chi connectivity index (χ4v) is 0.591. The highest BCUT2D eigenvalue weighted by molar-refractivity contribution is 5.83. The largest absolute Gasteiger partial charge is 0.548 e. The summed E-state index contributed by atoms with van der Waals surface area (Å²) < 4.78 is 0. The van der Waals surface area contributed by atoms with Crippen molar-refractivity contribution in [3.8, 4) is 0 Å². The van der Waals surface area contributed by atoms with E-state index in [0.29, 0.717) is 0 Å². The molecule has 1 N–H and O–H groups in total. The summed E-state index contributed by atoms with van der Waals surface area (Å²) in [5.41, 5.74) is 0. The van der Waals surface area contributed by atoms with Gasteiger partial charge in [-0.1, -0.05) is 0 Å². The van der Waals surface area contributed by atoms with Crippen LogP contribution < -0.4 is 10.4 Å². The number of Topliss-reactive ketones (excluding diaryl/α,β-unsaturated/α-hetero) is 1. The molecule has 1 unspecified atom stereocenters. The number of hydrogen-bond acceptors (Lipinski definition) is 4. The van der Waals surface area contributed by atoms with Crippen molar-refractivity contribution in [2.75, 3.05) is 7.05 Å². The first kappa shape index (κ1) is 9.10. The molecule has 10 heavy (non-hydrogen) atoms. The van der Waals surface area contributed by atoms with Crippen LogP contribution in [0.5, 0.6) is 0 Å². The van der Waals surface area contributed by atoms with Crippen LogP contribution in [0.15, 0.2) is 0 Å². The van der Waals surface area contributed by atoms with Gasteiger partial charge in [0.1, 0.15) is 5.78 Å². The molecular formula is C6H10NO3-. The van der Waals surface area contributed by atoms with Crippen molar-refractivity contribution in [2.45, 2.75) is 19.4 Å². The maximum atomic E-state index is 10.4. The van der Waals surface area contributed by atoms with Gasteiger partial charge in [-0.05, 0) is 14.0 Å². The molecule has 4 heteroatoms. The summed E-state index contributed by atoms with van der Waals surface area (Å²) in [6.45, 7) is 1.34. The summed E-state index contributed by atoms with van der Waals surface area (Å²) in [5, 5.41) is 12.6. The maximum absolute atomic E-state index is 10.4. The molecule has 0 radical (unpaired) electrons. The molecule has 0 bridgehead atoms. The van der Waals surface area contributed by atoms with E-state index in [2.05, 4.69) is 5.32 Å². The molecule has 0 aliphatic heterocycles. The van der Waals surface area contributed by atoms with Crippen LogP contribution in [0.3, 0.4) is 0 Å². The minimum atomic E-state index is -1.24. The fourth-order valence-electron chi connectivity index (χ4n) is 0.591. The molecule has 0 aliphatic rings. The van der Waals surface area contributed by atoms with Crippen LogP contribution in [0.25, 0.3) is 0 Å². The third-order valence-corrected chi connectivity index (χ3v) is 1.12. The number of carbonyl (C=O) groups is 2. The molecule has 0 aromatic carbocycles. The second-order valence-electron chi connectivity index (χ2n) is 2.07. The Labute approximate surface area is 59.2 Å². The van der Waals surface area contributed by atoms with Crippen molar-refractivity contribution >= 4 is 11.8 Å². The van der Waals surface area contributed by atoms with Crippen LogP contribution in [-0.2, 0) is 9.59 Å². The lowest BCUT2D eigenvalue weighted by Gasteiger charge is -2.14. The number of hydrogen-bond donors (Lipinski definition) is 1. The maximum Gasteiger partial charge on any atom is 0.131 e. The molecule has 0 saturated carbocycles. The molecule has 0 aliphatic carbocycles. The predicted molar refractivity (Wildman–Crippen MR) is 33.2 cm³/mol. The van der Waals surface area contributed by atoms with Crippen LogP contribution in [0, 0.1) is 0 Å². The van der Waals surface area contributed by atoms with Crippen molar-refractivity contribution < 1.29 is 14.7 Å². The fraction of sp³-hybridized carbons (Fsp3) is 0.667. The van der Waals surface area contributed by atoms with E-state index in [1.165, 1.54) is 14.0 Å². The van der Waals surface area contributed by atoms with E-state index in [0.717, 1.165) is 0 Å². The highest BCUT2D eigenvalue weighted by Crippen LogP contribution is 1.89. The Morgan fingerprint density at radius 1 is 1.60 bits per heavy atom. The smallest absolute Gasteiger partial charge is 0.131 e. The quantitative estimate of drug-likeness (QED) is 0.510. The van der Waals surface area contributed by atoms with Gasteiger partial charge in [0.05, 0.1) is 12.0 Å². The first-order valence-corrected chi connectivity index (χ1v) is 2.95. The minimum Gasteiger partial charge on any atom is -0.548 e. The summed E-state index contributed by atoms with van der Waals surface area (Å²) in [4.78, 5) is 20.5. The molecule has 0 spiro atoms. The molecule has 0 aromatic heterocycles. The zero-order valence-electron chi connectivity index (χ0n) is 6.01. The zero-order chi connectivity index (χ0) is 8.15. The van der Waals surface area contributed by atoms with Gasteiger partial charge in [0.2, 0.25) is 0 Å². The van der Waals surface area contributed by atoms with E-state index < -0.39 is 12.0 Å². The van der Waals surface area contributed by atoms with E-state index >= 15 is 0 Å². The average molecular weight is 144 g/mol. The number of likely N-dealkylation sites (N-methyl/N-ethyl adjacent to an activating group) is 1. The van der Waals surface area contributed by atoms with Crippen LogP contribution in [0.1, 0.15) is 13.3 Å². The van der Waals surface area contributed by atoms with E-state index in [4.69, 9.17) is 0 Å². The molecular weight excluding hydrogens is 134 g/mol. The second kappa shape index (κ2) is 4.00. The summed E-state index contributed by atoms with van der Waals surface area (Å²) in [5.74, 6) is -1.40. The monoisotopic (exact) mass is 144 g/mol. The number of carboxylic acids is 1. The summed E-state index contributed by atoms with van der Waals surface area (Å²) in [7, 11) is 1.48. The molecule has 1 atom stereocenters. The van der Waals surface area contributed by atoms with Crippen LogP contribution in [-0.4, -0.2) is 24.8 Å². The van der Waals surface area contributed by atoms with Crippen LogP contribution in [0.4, 0.5) is 0 Å². The second-order valence-corrected chi connectivity index (χ2v) is 2.07. The van der Waals surface area contributed by atoms with E-state index in [1.54, 1.807) is 0 Å². The molecule has 0 saturated heterocycles. The lowest BCUT2D eigenvalue weighted by Crippen LogP contribution is -2.44. The molecule has 0 aromatic rings. The van der Waals surface area contributed by atoms with Gasteiger partial charge in [-0.25, -0.2) is 0 Å². The van der Waals surface area contributed by atoms with Crippen molar-refractivity contribution in [3.63, 3.8) is 0 Å². The average Bonchev–Trinajstić information content (AvgIpc) is 1.81. The zero-order valence-corrected chi connectivity index (χ0v) is 6.01. The molecule has 0 rings (SSSR count). The lowest BCUT2D eigenvalue weighted by molar-refractivity contribution is -0.308. The Kier molecular flexibility index (Phi) is 3.64. The number of ketones is 1. The highest BCUT2D eigenvalue weighted by Gasteiger charge is 2.08. The normalized spacial score (nSPS) is 12.6. The summed E-state index contributed by atoms with van der Waals surface area (Å²) in [6.07, 6.45) is -0.0150. The van der Waals surface area contributed by atoms with Crippen molar-refractivity contribution in [2.24, 2.45) is 0 Å². The van der Waals surface area contributed by atoms with Gasteiger partial charge >= 0.3 is 0 Å². The van der Waals surface area contributed by atoms with Gasteiger partial charge in [-0.3, -0.25) is 4.79 Å². The van der Waals surface area contributed by atoms with Crippen LogP contribution in [0.2, 0.25) is 0 Å². The number of rotatable bonds is 4. The summed E-state index contributed by atoms with van der Waals surface area (Å²) >= 11 is 0. The highest BCUT2D eigenvalue weighted by atomic mass is 16.4. The van der Waals surface area contributed by atoms with Gasteiger partial charge in [-0.2, -0.15) is 0 Å². The Morgan fingerprint density at radius 2 is 2.10 bits per heavy atom. The molecule has 4 nitrogen and oxygen atoms in total. The standard InChI is InChI=1S/C6H11NO3/c1-4(8)3-5(7-2)6(9)10/h5,7H,3H2,1-2H3,(H,9,10)/p-1. The molecule has 58 valence electrons. The lowest BCUT2D eigenvalue weighted by atomic mass is 10.1. The third-order valence-electron chi connectivity index (χ3n) is 1.12. The van der Waals surface area contributed by atoms with Crippen molar-refractivity contribution in [1.29, 1.82) is 0 Å². The first-order valence-electron chi connectivity index (χ1n) is 2.95. The van der Waals surface area contributed by atoms with Crippen molar-refractivity contribution in [3.05, 3.63) is 0 Å². The van der Waals surface area contributed by atoms with E-state index in [-0.39, 0.29) is 12.2 Å². The van der Waals surface area contributed by atoms with Gasteiger partial charge < -0.3 is 15.2 Å². The Hall–Kier alpha value is -0.900. The van der Waals surface area contributed by atoms with Gasteiger partial charge in [0.15, 0.2) is 0 Å².